The molecule has 2 aromatic rings. The quantitative estimate of drug-likeness (QED) is 0.938. The maximum atomic E-state index is 12.3. The van der Waals surface area contributed by atoms with Gasteiger partial charge in [-0.15, -0.1) is 0 Å². The van der Waals surface area contributed by atoms with Crippen LogP contribution in [0, 0.1) is 20.8 Å². The summed E-state index contributed by atoms with van der Waals surface area (Å²) in [6.07, 6.45) is 0. The Hall–Kier alpha value is -2.62. The van der Waals surface area contributed by atoms with Gasteiger partial charge in [0.1, 0.15) is 6.54 Å². The average Bonchev–Trinajstić information content (AvgIpc) is 2.48. The number of anilines is 2. The second-order valence-corrected chi connectivity index (χ2v) is 5.76. The van der Waals surface area contributed by atoms with Crippen molar-refractivity contribution in [2.75, 3.05) is 16.8 Å². The van der Waals surface area contributed by atoms with E-state index in [1.807, 2.05) is 63.2 Å². The zero-order valence-corrected chi connectivity index (χ0v) is 14.0. The van der Waals surface area contributed by atoms with Gasteiger partial charge in [0.05, 0.1) is 0 Å². The third kappa shape index (κ3) is 4.19. The highest BCUT2D eigenvalue weighted by Gasteiger charge is 2.18. The van der Waals surface area contributed by atoms with Crippen LogP contribution in [0.25, 0.3) is 0 Å². The molecule has 0 fully saturated rings. The Morgan fingerprint density at radius 3 is 2.30 bits per heavy atom. The molecule has 0 bridgehead atoms. The molecular weight excluding hydrogens is 288 g/mol. The molecule has 0 unspecified atom stereocenters. The minimum Gasteiger partial charge on any atom is -0.324 e. The normalized spacial score (nSPS) is 10.3. The van der Waals surface area contributed by atoms with Crippen LogP contribution >= 0.6 is 0 Å². The van der Waals surface area contributed by atoms with Gasteiger partial charge < -0.3 is 10.2 Å². The lowest BCUT2D eigenvalue weighted by molar-refractivity contribution is -0.120. The number of nitrogens with zero attached hydrogens (tertiary/aromatic N) is 1. The summed E-state index contributed by atoms with van der Waals surface area (Å²) in [6, 6.07) is 13.4. The summed E-state index contributed by atoms with van der Waals surface area (Å²) >= 11 is 0. The number of hydrogen-bond acceptors (Lipinski definition) is 2. The molecule has 4 nitrogen and oxygen atoms in total. The van der Waals surface area contributed by atoms with Crippen molar-refractivity contribution in [1.29, 1.82) is 0 Å². The predicted molar refractivity (Wildman–Crippen MR) is 93.8 cm³/mol. The first kappa shape index (κ1) is 16.7. The Kier molecular flexibility index (Phi) is 5.16. The fraction of sp³-hybridized carbons (Fsp3) is 0.263. The topological polar surface area (TPSA) is 49.4 Å². The van der Waals surface area contributed by atoms with Gasteiger partial charge in [-0.05, 0) is 44.0 Å². The lowest BCUT2D eigenvalue weighted by atomic mass is 10.1. The standard InChI is InChI=1S/C19H22N2O2/c1-13-9-10-18(15(3)11-13)21(16(4)22)12-19(23)20-17-8-6-5-7-14(17)2/h5-11H,12H2,1-4H3,(H,20,23). The van der Waals surface area contributed by atoms with Gasteiger partial charge in [-0.2, -0.15) is 0 Å². The first-order valence-electron chi connectivity index (χ1n) is 7.59. The summed E-state index contributed by atoms with van der Waals surface area (Å²) in [5.41, 5.74) is 4.62. The number of aryl methyl sites for hydroxylation is 3. The Morgan fingerprint density at radius 1 is 1.00 bits per heavy atom. The number of benzene rings is 2. The first-order chi connectivity index (χ1) is 10.9. The molecule has 4 heteroatoms. The Labute approximate surface area is 137 Å². The summed E-state index contributed by atoms with van der Waals surface area (Å²) in [5, 5.41) is 2.86. The second kappa shape index (κ2) is 7.09. The molecule has 120 valence electrons. The van der Waals surface area contributed by atoms with E-state index in [1.165, 1.54) is 11.8 Å². The molecule has 0 aliphatic heterocycles. The highest BCUT2D eigenvalue weighted by atomic mass is 16.2. The smallest absolute Gasteiger partial charge is 0.244 e. The fourth-order valence-electron chi connectivity index (χ4n) is 2.52. The number of carbonyl (C=O) groups is 2. The first-order valence-corrected chi connectivity index (χ1v) is 7.59. The van der Waals surface area contributed by atoms with E-state index >= 15 is 0 Å². The largest absolute Gasteiger partial charge is 0.324 e. The van der Waals surface area contributed by atoms with Crippen molar-refractivity contribution < 1.29 is 9.59 Å². The number of rotatable bonds is 4. The molecule has 0 radical (unpaired) electrons. The summed E-state index contributed by atoms with van der Waals surface area (Å²) in [6.45, 7) is 7.34. The maximum Gasteiger partial charge on any atom is 0.244 e. The van der Waals surface area contributed by atoms with Gasteiger partial charge in [-0.3, -0.25) is 9.59 Å². The van der Waals surface area contributed by atoms with Crippen molar-refractivity contribution in [3.05, 3.63) is 59.2 Å². The van der Waals surface area contributed by atoms with Crippen LogP contribution in [0.4, 0.5) is 11.4 Å². The molecule has 23 heavy (non-hydrogen) atoms. The van der Waals surface area contributed by atoms with Crippen LogP contribution < -0.4 is 10.2 Å². The van der Waals surface area contributed by atoms with Crippen molar-refractivity contribution in [2.24, 2.45) is 0 Å². The van der Waals surface area contributed by atoms with Crippen molar-refractivity contribution in [2.45, 2.75) is 27.7 Å². The lowest BCUT2D eigenvalue weighted by Crippen LogP contribution is -2.37. The van der Waals surface area contributed by atoms with Crippen molar-refractivity contribution >= 4 is 23.2 Å². The van der Waals surface area contributed by atoms with Crippen LogP contribution in [0.5, 0.6) is 0 Å². The van der Waals surface area contributed by atoms with E-state index in [0.29, 0.717) is 0 Å². The molecular formula is C19H22N2O2. The molecule has 0 atom stereocenters. The predicted octanol–water partition coefficient (Wildman–Crippen LogP) is 3.60. The van der Waals surface area contributed by atoms with Crippen LogP contribution in [-0.4, -0.2) is 18.4 Å². The molecule has 1 N–H and O–H groups in total. The van der Waals surface area contributed by atoms with Gasteiger partial charge in [-0.25, -0.2) is 0 Å². The van der Waals surface area contributed by atoms with Crippen LogP contribution in [0.2, 0.25) is 0 Å². The molecule has 2 aromatic carbocycles. The molecule has 0 aliphatic rings. The van der Waals surface area contributed by atoms with E-state index in [2.05, 4.69) is 5.32 Å². The Bertz CT molecular complexity index is 738. The summed E-state index contributed by atoms with van der Waals surface area (Å²) in [5.74, 6) is -0.369. The van der Waals surface area contributed by atoms with Gasteiger partial charge in [0, 0.05) is 18.3 Å². The van der Waals surface area contributed by atoms with E-state index in [1.54, 1.807) is 0 Å². The van der Waals surface area contributed by atoms with Crippen LogP contribution in [0.1, 0.15) is 23.6 Å². The minimum absolute atomic E-state index is 0.00638. The fourth-order valence-corrected chi connectivity index (χ4v) is 2.52. The lowest BCUT2D eigenvalue weighted by Gasteiger charge is -2.23. The number of hydrogen-bond donors (Lipinski definition) is 1. The van der Waals surface area contributed by atoms with Gasteiger partial charge >= 0.3 is 0 Å². The molecule has 0 saturated carbocycles. The number of amides is 2. The van der Waals surface area contributed by atoms with E-state index < -0.39 is 0 Å². The van der Waals surface area contributed by atoms with Crippen molar-refractivity contribution in [3.63, 3.8) is 0 Å². The molecule has 0 spiro atoms. The van der Waals surface area contributed by atoms with Gasteiger partial charge in [0.2, 0.25) is 11.8 Å². The average molecular weight is 310 g/mol. The van der Waals surface area contributed by atoms with Crippen molar-refractivity contribution in [1.82, 2.24) is 0 Å². The third-order valence-corrected chi connectivity index (χ3v) is 3.74. The summed E-state index contributed by atoms with van der Waals surface area (Å²) < 4.78 is 0. The Morgan fingerprint density at radius 2 is 1.70 bits per heavy atom. The van der Waals surface area contributed by atoms with E-state index in [9.17, 15) is 9.59 Å². The van der Waals surface area contributed by atoms with Gasteiger partial charge in [0.25, 0.3) is 0 Å². The molecule has 2 amide bonds. The minimum atomic E-state index is -0.213. The summed E-state index contributed by atoms with van der Waals surface area (Å²) in [7, 11) is 0. The van der Waals surface area contributed by atoms with E-state index in [4.69, 9.17) is 0 Å². The SMILES string of the molecule is CC(=O)N(CC(=O)Nc1ccccc1C)c1ccc(C)cc1C. The zero-order chi connectivity index (χ0) is 17.0. The maximum absolute atomic E-state index is 12.3. The van der Waals surface area contributed by atoms with Gasteiger partial charge in [0.15, 0.2) is 0 Å². The highest BCUT2D eigenvalue weighted by molar-refractivity contribution is 6.02. The van der Waals surface area contributed by atoms with E-state index in [0.717, 1.165) is 28.1 Å². The van der Waals surface area contributed by atoms with Crippen LogP contribution in [-0.2, 0) is 9.59 Å². The Balaban J connectivity index is 2.18. The molecule has 0 heterocycles. The number of carbonyl (C=O) groups excluding carboxylic acids is 2. The number of para-hydroxylation sites is 1. The number of nitrogens with one attached hydrogen (secondary N) is 1. The molecule has 0 aliphatic carbocycles. The monoisotopic (exact) mass is 310 g/mol. The molecule has 2 rings (SSSR count). The van der Waals surface area contributed by atoms with Crippen LogP contribution in [0.15, 0.2) is 42.5 Å². The molecule has 0 aromatic heterocycles. The highest BCUT2D eigenvalue weighted by Crippen LogP contribution is 2.21. The van der Waals surface area contributed by atoms with Gasteiger partial charge in [-0.1, -0.05) is 35.9 Å². The summed E-state index contributed by atoms with van der Waals surface area (Å²) in [4.78, 5) is 25.8. The van der Waals surface area contributed by atoms with E-state index in [-0.39, 0.29) is 18.4 Å². The second-order valence-electron chi connectivity index (χ2n) is 5.76. The molecule has 0 saturated heterocycles. The van der Waals surface area contributed by atoms with Crippen molar-refractivity contribution in [3.8, 4) is 0 Å². The third-order valence-electron chi connectivity index (χ3n) is 3.74. The zero-order valence-electron chi connectivity index (χ0n) is 14.0. The van der Waals surface area contributed by atoms with Crippen LogP contribution in [0.3, 0.4) is 0 Å².